The van der Waals surface area contributed by atoms with Crippen LogP contribution in [0.15, 0.2) is 380 Å². The Balaban J connectivity index is 0.000000160. The van der Waals surface area contributed by atoms with Crippen molar-refractivity contribution in [1.82, 2.24) is 0 Å². The monoisotopic (exact) mass is 1570 g/mol. The van der Waals surface area contributed by atoms with Crippen LogP contribution < -0.4 is 33.2 Å². The van der Waals surface area contributed by atoms with Crippen molar-refractivity contribution in [2.45, 2.75) is 249 Å². The van der Waals surface area contributed by atoms with E-state index in [0.717, 1.165) is 40.2 Å². The SMILES string of the molecule is CC(C)(C)Oc1ccc([S+](c2ccc(OC(C)(C)C)cc2)c2ccc(OC(C)(C)C)cc2)cc1.CC(C)(C)Oc1ccc([S+](c2ccccc2)c2ccc(OC(C)(C)C)cc2)cc1.CC(C)(C)Oc1ccc([S+](c2ccccc2)c2ccccc2)cc1.c1ccc([S+](c2ccccc2)c2ccc(OC3CCCC3)cc2)cc1. The van der Waals surface area contributed by atoms with Crippen LogP contribution in [0.4, 0.5) is 0 Å². The lowest BCUT2D eigenvalue weighted by atomic mass is 10.2. The molecule has 12 aromatic rings. The van der Waals surface area contributed by atoms with Gasteiger partial charge in [0.2, 0.25) is 0 Å². The summed E-state index contributed by atoms with van der Waals surface area (Å²) in [4.78, 5) is 15.5. The second kappa shape index (κ2) is 38.9. The van der Waals surface area contributed by atoms with Gasteiger partial charge in [-0.05, 0) is 381 Å². The summed E-state index contributed by atoms with van der Waals surface area (Å²) in [5.41, 5.74) is -1.27. The Morgan fingerprint density at radius 3 is 0.455 bits per heavy atom. The lowest BCUT2D eigenvalue weighted by molar-refractivity contribution is 0.130. The zero-order chi connectivity index (χ0) is 80.1. The fourth-order valence-corrected chi connectivity index (χ4v) is 20.5. The van der Waals surface area contributed by atoms with E-state index < -0.39 is 0 Å². The molecule has 1 aliphatic carbocycles. The molecule has 12 aromatic carbocycles. The van der Waals surface area contributed by atoms with E-state index in [9.17, 15) is 0 Å². The van der Waals surface area contributed by atoms with E-state index in [0.29, 0.717) is 6.10 Å². The minimum atomic E-state index is -0.276. The summed E-state index contributed by atoms with van der Waals surface area (Å²) in [5.74, 6) is 6.34. The van der Waals surface area contributed by atoms with Crippen LogP contribution in [-0.4, -0.2) is 39.7 Å². The average molecular weight is 1570 g/mol. The molecule has 0 aromatic heterocycles. The molecule has 1 aliphatic rings. The summed E-state index contributed by atoms with van der Waals surface area (Å²) >= 11 is 0. The third-order valence-corrected chi connectivity index (χ3v) is 25.4. The fraction of sp³-hybridized carbons (Fsp3) is 0.287. The molecule has 582 valence electrons. The van der Waals surface area contributed by atoms with E-state index in [4.69, 9.17) is 33.2 Å². The molecule has 0 atom stereocenters. The maximum absolute atomic E-state index is 6.12. The molecule has 7 nitrogen and oxygen atoms in total. The molecular formula is C101H116O7S4+4. The molecule has 0 amide bonds. The van der Waals surface area contributed by atoms with Crippen LogP contribution >= 0.6 is 0 Å². The first-order valence-electron chi connectivity index (χ1n) is 39.0. The number of ether oxygens (including phenoxy) is 7. The van der Waals surface area contributed by atoms with Crippen molar-refractivity contribution in [3.05, 3.63) is 322 Å². The van der Waals surface area contributed by atoms with Gasteiger partial charge >= 0.3 is 0 Å². The van der Waals surface area contributed by atoms with Crippen molar-refractivity contribution < 1.29 is 33.2 Å². The topological polar surface area (TPSA) is 64.6 Å². The van der Waals surface area contributed by atoms with E-state index >= 15 is 0 Å². The summed E-state index contributed by atoms with van der Waals surface area (Å²) in [6, 6.07) is 113. The molecule has 0 bridgehead atoms. The van der Waals surface area contributed by atoms with Crippen molar-refractivity contribution >= 4 is 43.6 Å². The molecule has 0 aliphatic heterocycles. The number of benzene rings is 12. The summed E-state index contributed by atoms with van der Waals surface area (Å²) in [6.07, 6.45) is 5.40. The van der Waals surface area contributed by atoms with Crippen LogP contribution in [-0.2, 0) is 43.6 Å². The van der Waals surface area contributed by atoms with Gasteiger partial charge in [-0.15, -0.1) is 0 Å². The summed E-state index contributed by atoms with van der Waals surface area (Å²) in [6.45, 7) is 37.2. The Kier molecular flexibility index (Phi) is 29.6. The summed E-state index contributed by atoms with van der Waals surface area (Å²) < 4.78 is 42.2. The molecule has 0 N–H and O–H groups in total. The van der Waals surface area contributed by atoms with Crippen LogP contribution in [0.25, 0.3) is 0 Å². The van der Waals surface area contributed by atoms with Crippen molar-refractivity contribution in [3.8, 4) is 40.2 Å². The fourth-order valence-electron chi connectivity index (χ4n) is 12.3. The van der Waals surface area contributed by atoms with Crippen molar-refractivity contribution in [2.24, 2.45) is 0 Å². The lowest BCUT2D eigenvalue weighted by Gasteiger charge is -2.22. The Hall–Kier alpha value is -9.36. The second-order valence-electron chi connectivity index (χ2n) is 33.4. The number of hydrogen-bond acceptors (Lipinski definition) is 7. The maximum Gasteiger partial charge on any atom is 0.166 e. The average Bonchev–Trinajstić information content (AvgIpc) is 0.917. The van der Waals surface area contributed by atoms with E-state index in [2.05, 4.69) is 446 Å². The van der Waals surface area contributed by atoms with E-state index in [1.807, 2.05) is 0 Å². The van der Waals surface area contributed by atoms with Crippen molar-refractivity contribution in [2.75, 3.05) is 0 Å². The largest absolute Gasteiger partial charge is 0.490 e. The number of rotatable bonds is 20. The maximum atomic E-state index is 6.12. The van der Waals surface area contributed by atoms with Crippen LogP contribution in [0.3, 0.4) is 0 Å². The standard InChI is InChI=1S/C30H39O3S.C26H31O2S.C23H23OS.C22H23OS/c1-28(2,3)31-22-10-16-25(17-11-22)34(26-18-12-23(13-19-26)32-29(4,5)6)27-20-14-24(15-21-27)33-30(7,8)9;1-25(2,3)27-20-12-16-23(17-13-20)29(22-10-8-7-9-11-22)24-18-14-21(15-19-24)28-26(4,5)6;1-3-11-21(12-4-1)25(22-13-5-2-6-14-22)23-17-15-20(16-18-23)24-19-9-7-8-10-19;1-22(2,3)23-18-14-16-21(17-15-18)24(19-10-6-4-7-11-19)20-12-8-5-9-13-20/h10-21H,1-9H3;7-19H,1-6H3;1-6,11-19H,7-10H2;4-17H,1-3H3/q4*+1. The van der Waals surface area contributed by atoms with Gasteiger partial charge < -0.3 is 33.2 Å². The van der Waals surface area contributed by atoms with Gasteiger partial charge in [-0.1, -0.05) is 91.0 Å². The highest BCUT2D eigenvalue weighted by atomic mass is 32.2. The molecule has 0 heterocycles. The van der Waals surface area contributed by atoms with Gasteiger partial charge in [0.05, 0.1) is 49.7 Å². The molecule has 0 spiro atoms. The minimum Gasteiger partial charge on any atom is -0.490 e. The minimum absolute atomic E-state index is 0.0824. The van der Waals surface area contributed by atoms with Crippen LogP contribution in [0.5, 0.6) is 40.2 Å². The Morgan fingerprint density at radius 1 is 0.179 bits per heavy atom. The summed E-state index contributed by atoms with van der Waals surface area (Å²) in [7, 11) is -0.648. The lowest BCUT2D eigenvalue weighted by Crippen LogP contribution is -2.23. The summed E-state index contributed by atoms with van der Waals surface area (Å²) in [5, 5.41) is 0. The zero-order valence-corrected chi connectivity index (χ0v) is 72.3. The molecule has 1 fully saturated rings. The molecule has 112 heavy (non-hydrogen) atoms. The van der Waals surface area contributed by atoms with Gasteiger partial charge in [-0.3, -0.25) is 0 Å². The zero-order valence-electron chi connectivity index (χ0n) is 69.0. The molecular weight excluding hydrogens is 1450 g/mol. The van der Waals surface area contributed by atoms with Gasteiger partial charge in [0.15, 0.2) is 58.7 Å². The van der Waals surface area contributed by atoms with Crippen LogP contribution in [0.1, 0.15) is 150 Å². The Morgan fingerprint density at radius 2 is 0.312 bits per heavy atom. The smallest absolute Gasteiger partial charge is 0.166 e. The van der Waals surface area contributed by atoms with Gasteiger partial charge in [-0.2, -0.15) is 0 Å². The van der Waals surface area contributed by atoms with E-state index in [-0.39, 0.29) is 77.2 Å². The van der Waals surface area contributed by atoms with Crippen molar-refractivity contribution in [1.29, 1.82) is 0 Å². The van der Waals surface area contributed by atoms with Gasteiger partial charge in [0.25, 0.3) is 0 Å². The third kappa shape index (κ3) is 27.8. The van der Waals surface area contributed by atoms with Gasteiger partial charge in [0, 0.05) is 0 Å². The second-order valence-corrected chi connectivity index (χ2v) is 41.5. The Bertz CT molecular complexity index is 4430. The molecule has 0 unspecified atom stereocenters. The highest BCUT2D eigenvalue weighted by molar-refractivity contribution is 7.98. The van der Waals surface area contributed by atoms with E-state index in [1.165, 1.54) is 84.4 Å². The molecule has 1 saturated carbocycles. The highest BCUT2D eigenvalue weighted by Gasteiger charge is 2.34. The highest BCUT2D eigenvalue weighted by Crippen LogP contribution is 2.40. The van der Waals surface area contributed by atoms with Crippen LogP contribution in [0, 0.1) is 0 Å². The molecule has 11 heteroatoms. The van der Waals surface area contributed by atoms with Gasteiger partial charge in [0.1, 0.15) is 73.9 Å². The first kappa shape index (κ1) is 85.1. The van der Waals surface area contributed by atoms with Crippen molar-refractivity contribution in [3.63, 3.8) is 0 Å². The predicted octanol–water partition coefficient (Wildman–Crippen LogP) is 27.5. The van der Waals surface area contributed by atoms with Crippen LogP contribution in [0.2, 0.25) is 0 Å². The Labute approximate surface area is 682 Å². The quantitative estimate of drug-likeness (QED) is 0.0705. The normalized spacial score (nSPS) is 12.7. The molecule has 0 saturated heterocycles. The first-order valence-corrected chi connectivity index (χ1v) is 43.9. The first-order chi connectivity index (χ1) is 53.2. The molecule has 13 rings (SSSR count). The van der Waals surface area contributed by atoms with Gasteiger partial charge in [-0.25, -0.2) is 0 Å². The predicted molar refractivity (Wildman–Crippen MR) is 471 cm³/mol. The molecule has 0 radical (unpaired) electrons. The van der Waals surface area contributed by atoms with E-state index in [1.54, 1.807) is 0 Å². The number of hydrogen-bond donors (Lipinski definition) is 0. The third-order valence-electron chi connectivity index (χ3n) is 16.5.